The highest BCUT2D eigenvalue weighted by molar-refractivity contribution is 4.78. The van der Waals surface area contributed by atoms with Crippen LogP contribution in [0.5, 0.6) is 0 Å². The number of ether oxygens (including phenoxy) is 3. The molecule has 0 radical (unpaired) electrons. The van der Waals surface area contributed by atoms with Crippen LogP contribution >= 0.6 is 0 Å². The Morgan fingerprint density at radius 1 is 1.47 bits per heavy atom. The van der Waals surface area contributed by atoms with Gasteiger partial charge in [0, 0.05) is 25.7 Å². The number of nitrogens with one attached hydrogen (secondary N) is 1. The molecule has 1 aliphatic rings. The SMILES string of the molecule is CNC(COC(C)COC)C1CCOC1. The summed E-state index contributed by atoms with van der Waals surface area (Å²) in [6, 6.07) is 0.395. The van der Waals surface area contributed by atoms with E-state index in [0.29, 0.717) is 18.6 Å². The molecule has 1 heterocycles. The lowest BCUT2D eigenvalue weighted by Crippen LogP contribution is -2.39. The average molecular weight is 217 g/mol. The van der Waals surface area contributed by atoms with E-state index in [0.717, 1.165) is 26.2 Å². The molecule has 0 aromatic carbocycles. The predicted octanol–water partition coefficient (Wildman–Crippen LogP) is 0.662. The van der Waals surface area contributed by atoms with E-state index < -0.39 is 0 Å². The van der Waals surface area contributed by atoms with E-state index in [1.165, 1.54) is 0 Å². The van der Waals surface area contributed by atoms with Gasteiger partial charge in [-0.15, -0.1) is 0 Å². The first-order chi connectivity index (χ1) is 7.27. The molecule has 0 aromatic heterocycles. The number of methoxy groups -OCH3 is 1. The summed E-state index contributed by atoms with van der Waals surface area (Å²) in [4.78, 5) is 0. The zero-order valence-corrected chi connectivity index (χ0v) is 9.99. The smallest absolute Gasteiger partial charge is 0.0781 e. The van der Waals surface area contributed by atoms with Gasteiger partial charge in [-0.2, -0.15) is 0 Å². The van der Waals surface area contributed by atoms with Gasteiger partial charge in [0.2, 0.25) is 0 Å². The van der Waals surface area contributed by atoms with Crippen LogP contribution in [0.2, 0.25) is 0 Å². The van der Waals surface area contributed by atoms with E-state index in [-0.39, 0.29) is 6.10 Å². The molecule has 4 nitrogen and oxygen atoms in total. The van der Waals surface area contributed by atoms with Crippen LogP contribution in [-0.2, 0) is 14.2 Å². The van der Waals surface area contributed by atoms with Gasteiger partial charge in [0.25, 0.3) is 0 Å². The van der Waals surface area contributed by atoms with Gasteiger partial charge in [-0.1, -0.05) is 0 Å². The molecule has 1 fully saturated rings. The van der Waals surface area contributed by atoms with Crippen LogP contribution in [0, 0.1) is 5.92 Å². The average Bonchev–Trinajstić information content (AvgIpc) is 2.72. The zero-order valence-electron chi connectivity index (χ0n) is 9.99. The molecule has 4 heteroatoms. The van der Waals surface area contributed by atoms with Crippen molar-refractivity contribution in [2.24, 2.45) is 5.92 Å². The zero-order chi connectivity index (χ0) is 11.1. The first-order valence-corrected chi connectivity index (χ1v) is 5.63. The second-order valence-electron chi connectivity index (χ2n) is 4.12. The Morgan fingerprint density at radius 2 is 2.27 bits per heavy atom. The van der Waals surface area contributed by atoms with Crippen LogP contribution in [0.25, 0.3) is 0 Å². The second kappa shape index (κ2) is 7.17. The lowest BCUT2D eigenvalue weighted by atomic mass is 10.00. The standard InChI is InChI=1S/C11H23NO3/c1-9(6-13-3)15-8-11(12-2)10-4-5-14-7-10/h9-12H,4-8H2,1-3H3. The highest BCUT2D eigenvalue weighted by Crippen LogP contribution is 2.17. The quantitative estimate of drug-likeness (QED) is 0.680. The van der Waals surface area contributed by atoms with Crippen molar-refractivity contribution in [3.8, 4) is 0 Å². The molecule has 3 atom stereocenters. The maximum Gasteiger partial charge on any atom is 0.0781 e. The minimum Gasteiger partial charge on any atom is -0.382 e. The second-order valence-corrected chi connectivity index (χ2v) is 4.12. The van der Waals surface area contributed by atoms with Gasteiger partial charge in [-0.25, -0.2) is 0 Å². The van der Waals surface area contributed by atoms with Crippen molar-refractivity contribution in [2.75, 3.05) is 40.6 Å². The van der Waals surface area contributed by atoms with E-state index in [9.17, 15) is 0 Å². The summed E-state index contributed by atoms with van der Waals surface area (Å²) < 4.78 is 16.1. The molecule has 0 aromatic rings. The van der Waals surface area contributed by atoms with Crippen molar-refractivity contribution in [3.05, 3.63) is 0 Å². The number of hydrogen-bond acceptors (Lipinski definition) is 4. The molecule has 1 aliphatic heterocycles. The molecule has 1 saturated heterocycles. The topological polar surface area (TPSA) is 39.7 Å². The van der Waals surface area contributed by atoms with E-state index >= 15 is 0 Å². The fourth-order valence-electron chi connectivity index (χ4n) is 1.88. The Labute approximate surface area is 92.3 Å². The minimum atomic E-state index is 0.160. The van der Waals surface area contributed by atoms with E-state index in [1.54, 1.807) is 7.11 Å². The van der Waals surface area contributed by atoms with Crippen molar-refractivity contribution < 1.29 is 14.2 Å². The van der Waals surface area contributed by atoms with Crippen LogP contribution in [0.3, 0.4) is 0 Å². The van der Waals surface area contributed by atoms with Gasteiger partial charge < -0.3 is 19.5 Å². The Hall–Kier alpha value is -0.160. The van der Waals surface area contributed by atoms with Crippen molar-refractivity contribution >= 4 is 0 Å². The molecule has 3 unspecified atom stereocenters. The van der Waals surface area contributed by atoms with Gasteiger partial charge in [-0.05, 0) is 20.4 Å². The minimum absolute atomic E-state index is 0.160. The molecule has 1 rings (SSSR count). The van der Waals surface area contributed by atoms with Gasteiger partial charge in [0.15, 0.2) is 0 Å². The normalized spacial score (nSPS) is 25.4. The van der Waals surface area contributed by atoms with Gasteiger partial charge in [-0.3, -0.25) is 0 Å². The summed E-state index contributed by atoms with van der Waals surface area (Å²) in [6.07, 6.45) is 1.29. The molecular weight excluding hydrogens is 194 g/mol. The Morgan fingerprint density at radius 3 is 2.80 bits per heavy atom. The van der Waals surface area contributed by atoms with Gasteiger partial charge in [0.05, 0.1) is 25.9 Å². The summed E-state index contributed by atoms with van der Waals surface area (Å²) in [5.41, 5.74) is 0. The van der Waals surface area contributed by atoms with Crippen molar-refractivity contribution in [2.45, 2.75) is 25.5 Å². The molecule has 90 valence electrons. The molecule has 0 aliphatic carbocycles. The van der Waals surface area contributed by atoms with Crippen molar-refractivity contribution in [3.63, 3.8) is 0 Å². The van der Waals surface area contributed by atoms with Crippen molar-refractivity contribution in [1.29, 1.82) is 0 Å². The van der Waals surface area contributed by atoms with E-state index in [4.69, 9.17) is 14.2 Å². The van der Waals surface area contributed by atoms with E-state index in [2.05, 4.69) is 5.32 Å². The number of rotatable bonds is 7. The summed E-state index contributed by atoms with van der Waals surface area (Å²) in [5.74, 6) is 0.588. The first-order valence-electron chi connectivity index (χ1n) is 5.63. The number of likely N-dealkylation sites (N-methyl/N-ethyl adjacent to an activating group) is 1. The van der Waals surface area contributed by atoms with Gasteiger partial charge >= 0.3 is 0 Å². The third-order valence-corrected chi connectivity index (χ3v) is 2.87. The molecule has 0 amide bonds. The third kappa shape index (κ3) is 4.47. The summed E-state index contributed by atoms with van der Waals surface area (Å²) in [7, 11) is 3.67. The predicted molar refractivity (Wildman–Crippen MR) is 59.1 cm³/mol. The number of hydrogen-bond donors (Lipinski definition) is 1. The highest BCUT2D eigenvalue weighted by atomic mass is 16.5. The largest absolute Gasteiger partial charge is 0.382 e. The lowest BCUT2D eigenvalue weighted by molar-refractivity contribution is -0.00670. The Balaban J connectivity index is 2.20. The fraction of sp³-hybridized carbons (Fsp3) is 1.00. The lowest BCUT2D eigenvalue weighted by Gasteiger charge is -2.23. The summed E-state index contributed by atoms with van der Waals surface area (Å²) in [5, 5.41) is 3.30. The molecule has 15 heavy (non-hydrogen) atoms. The first kappa shape index (κ1) is 12.9. The van der Waals surface area contributed by atoms with Crippen LogP contribution in [0.1, 0.15) is 13.3 Å². The fourth-order valence-corrected chi connectivity index (χ4v) is 1.88. The van der Waals surface area contributed by atoms with Crippen molar-refractivity contribution in [1.82, 2.24) is 5.32 Å². The van der Waals surface area contributed by atoms with Crippen LogP contribution in [0.15, 0.2) is 0 Å². The Kier molecular flexibility index (Phi) is 6.17. The molecule has 0 spiro atoms. The van der Waals surface area contributed by atoms with Gasteiger partial charge in [0.1, 0.15) is 0 Å². The van der Waals surface area contributed by atoms with Crippen LogP contribution in [0.4, 0.5) is 0 Å². The summed E-state index contributed by atoms with van der Waals surface area (Å²) >= 11 is 0. The molecule has 1 N–H and O–H groups in total. The van der Waals surface area contributed by atoms with E-state index in [1.807, 2.05) is 14.0 Å². The highest BCUT2D eigenvalue weighted by Gasteiger charge is 2.25. The van der Waals surface area contributed by atoms with Crippen LogP contribution < -0.4 is 5.32 Å². The van der Waals surface area contributed by atoms with Crippen LogP contribution in [-0.4, -0.2) is 52.7 Å². The Bertz CT molecular complexity index is 160. The maximum absolute atomic E-state index is 5.70. The summed E-state index contributed by atoms with van der Waals surface area (Å²) in [6.45, 7) is 5.15. The maximum atomic E-state index is 5.70. The molecular formula is C11H23NO3. The molecule has 0 bridgehead atoms. The molecule has 0 saturated carbocycles. The monoisotopic (exact) mass is 217 g/mol. The third-order valence-electron chi connectivity index (χ3n) is 2.87.